The standard InChI is InChI=1S/C15H21N3/c1-4-8-16-9-13-10-17-18-15(13)14-7-5-6-11(2)12(14)3/h5-7,10,16H,4,8-9H2,1-3H3,(H,17,18). The maximum atomic E-state index is 4.18. The average molecular weight is 243 g/mol. The highest BCUT2D eigenvalue weighted by molar-refractivity contribution is 5.67. The van der Waals surface area contributed by atoms with Crippen LogP contribution in [0.15, 0.2) is 24.4 Å². The lowest BCUT2D eigenvalue weighted by Crippen LogP contribution is -2.13. The topological polar surface area (TPSA) is 40.7 Å². The Kier molecular flexibility index (Phi) is 4.15. The molecule has 0 saturated carbocycles. The van der Waals surface area contributed by atoms with Crippen LogP contribution in [-0.2, 0) is 6.54 Å². The molecule has 3 nitrogen and oxygen atoms in total. The first kappa shape index (κ1) is 12.8. The van der Waals surface area contributed by atoms with Crippen LogP contribution < -0.4 is 5.32 Å². The van der Waals surface area contributed by atoms with Gasteiger partial charge in [0.25, 0.3) is 0 Å². The van der Waals surface area contributed by atoms with Gasteiger partial charge in [0, 0.05) is 17.7 Å². The van der Waals surface area contributed by atoms with Crippen molar-refractivity contribution in [1.29, 1.82) is 0 Å². The van der Waals surface area contributed by atoms with Gasteiger partial charge >= 0.3 is 0 Å². The predicted octanol–water partition coefficient (Wildman–Crippen LogP) is 3.19. The number of aromatic nitrogens is 2. The lowest BCUT2D eigenvalue weighted by Gasteiger charge is -2.09. The van der Waals surface area contributed by atoms with Gasteiger partial charge in [-0.15, -0.1) is 0 Å². The lowest BCUT2D eigenvalue weighted by molar-refractivity contribution is 0.676. The van der Waals surface area contributed by atoms with E-state index >= 15 is 0 Å². The second kappa shape index (κ2) is 5.83. The Morgan fingerprint density at radius 3 is 2.89 bits per heavy atom. The van der Waals surface area contributed by atoms with E-state index in [0.717, 1.165) is 25.2 Å². The summed E-state index contributed by atoms with van der Waals surface area (Å²) in [5.41, 5.74) is 6.26. The van der Waals surface area contributed by atoms with Crippen LogP contribution in [0.5, 0.6) is 0 Å². The quantitative estimate of drug-likeness (QED) is 0.792. The number of aryl methyl sites for hydroxylation is 1. The first-order valence-corrected chi connectivity index (χ1v) is 6.53. The average Bonchev–Trinajstić information content (AvgIpc) is 2.81. The normalized spacial score (nSPS) is 10.8. The van der Waals surface area contributed by atoms with Crippen molar-refractivity contribution in [2.45, 2.75) is 33.7 Å². The molecule has 0 amide bonds. The molecule has 0 saturated heterocycles. The number of aromatic amines is 1. The van der Waals surface area contributed by atoms with Crippen LogP contribution in [0.2, 0.25) is 0 Å². The number of H-pyrrole nitrogens is 1. The van der Waals surface area contributed by atoms with Crippen molar-refractivity contribution in [1.82, 2.24) is 15.5 Å². The van der Waals surface area contributed by atoms with Crippen LogP contribution in [0.1, 0.15) is 30.0 Å². The second-order valence-electron chi connectivity index (χ2n) is 4.69. The number of hydrogen-bond acceptors (Lipinski definition) is 2. The summed E-state index contributed by atoms with van der Waals surface area (Å²) < 4.78 is 0. The van der Waals surface area contributed by atoms with Gasteiger partial charge in [0.2, 0.25) is 0 Å². The van der Waals surface area contributed by atoms with Crippen LogP contribution in [0.3, 0.4) is 0 Å². The molecule has 0 fully saturated rings. The van der Waals surface area contributed by atoms with Crippen molar-refractivity contribution in [3.8, 4) is 11.3 Å². The number of hydrogen-bond donors (Lipinski definition) is 2. The largest absolute Gasteiger partial charge is 0.313 e. The van der Waals surface area contributed by atoms with Gasteiger partial charge in [-0.2, -0.15) is 5.10 Å². The smallest absolute Gasteiger partial charge is 0.0697 e. The Balaban J connectivity index is 2.28. The highest BCUT2D eigenvalue weighted by Crippen LogP contribution is 2.26. The maximum Gasteiger partial charge on any atom is 0.0697 e. The maximum absolute atomic E-state index is 4.18. The third-order valence-corrected chi connectivity index (χ3v) is 3.33. The fraction of sp³-hybridized carbons (Fsp3) is 0.400. The Labute approximate surface area is 109 Å². The van der Waals surface area contributed by atoms with E-state index in [2.05, 4.69) is 54.5 Å². The van der Waals surface area contributed by atoms with E-state index in [1.165, 1.54) is 22.3 Å². The molecule has 96 valence electrons. The van der Waals surface area contributed by atoms with Gasteiger partial charge in [0.15, 0.2) is 0 Å². The highest BCUT2D eigenvalue weighted by atomic mass is 15.1. The molecule has 2 aromatic rings. The Bertz CT molecular complexity index is 514. The summed E-state index contributed by atoms with van der Waals surface area (Å²) in [6.07, 6.45) is 3.07. The van der Waals surface area contributed by atoms with Crippen LogP contribution >= 0.6 is 0 Å². The summed E-state index contributed by atoms with van der Waals surface area (Å²) in [5, 5.41) is 10.7. The highest BCUT2D eigenvalue weighted by Gasteiger charge is 2.10. The summed E-state index contributed by atoms with van der Waals surface area (Å²) in [5.74, 6) is 0. The predicted molar refractivity (Wildman–Crippen MR) is 75.5 cm³/mol. The van der Waals surface area contributed by atoms with Crippen molar-refractivity contribution in [3.05, 3.63) is 41.1 Å². The summed E-state index contributed by atoms with van der Waals surface area (Å²) in [4.78, 5) is 0. The van der Waals surface area contributed by atoms with E-state index in [4.69, 9.17) is 0 Å². The van der Waals surface area contributed by atoms with E-state index in [-0.39, 0.29) is 0 Å². The Morgan fingerprint density at radius 2 is 2.11 bits per heavy atom. The molecule has 0 aliphatic heterocycles. The van der Waals surface area contributed by atoms with Gasteiger partial charge in [-0.3, -0.25) is 5.10 Å². The van der Waals surface area contributed by atoms with Gasteiger partial charge in [-0.05, 0) is 37.9 Å². The molecule has 1 aromatic carbocycles. The third-order valence-electron chi connectivity index (χ3n) is 3.33. The monoisotopic (exact) mass is 243 g/mol. The SMILES string of the molecule is CCCNCc1cn[nH]c1-c1cccc(C)c1C. The van der Waals surface area contributed by atoms with Gasteiger partial charge in [-0.25, -0.2) is 0 Å². The van der Waals surface area contributed by atoms with Crippen LogP contribution in [0.25, 0.3) is 11.3 Å². The van der Waals surface area contributed by atoms with Gasteiger partial charge < -0.3 is 5.32 Å². The van der Waals surface area contributed by atoms with Crippen molar-refractivity contribution >= 4 is 0 Å². The molecule has 18 heavy (non-hydrogen) atoms. The summed E-state index contributed by atoms with van der Waals surface area (Å²) in [6.45, 7) is 8.39. The Hall–Kier alpha value is -1.61. The Morgan fingerprint density at radius 1 is 1.28 bits per heavy atom. The number of rotatable bonds is 5. The van der Waals surface area contributed by atoms with Crippen LogP contribution in [0, 0.1) is 13.8 Å². The number of nitrogens with zero attached hydrogens (tertiary/aromatic N) is 1. The fourth-order valence-electron chi connectivity index (χ4n) is 2.10. The van der Waals surface area contributed by atoms with Gasteiger partial charge in [0.05, 0.1) is 11.9 Å². The molecule has 0 atom stereocenters. The fourth-order valence-corrected chi connectivity index (χ4v) is 2.10. The third kappa shape index (κ3) is 2.62. The zero-order valence-electron chi connectivity index (χ0n) is 11.4. The molecular formula is C15H21N3. The molecule has 2 N–H and O–H groups in total. The van der Waals surface area contributed by atoms with E-state index in [1.807, 2.05) is 6.20 Å². The molecule has 0 spiro atoms. The number of benzene rings is 1. The van der Waals surface area contributed by atoms with E-state index in [1.54, 1.807) is 0 Å². The van der Waals surface area contributed by atoms with Gasteiger partial charge in [-0.1, -0.05) is 25.1 Å². The molecule has 0 unspecified atom stereocenters. The van der Waals surface area contributed by atoms with E-state index in [9.17, 15) is 0 Å². The van der Waals surface area contributed by atoms with E-state index < -0.39 is 0 Å². The second-order valence-corrected chi connectivity index (χ2v) is 4.69. The summed E-state index contributed by atoms with van der Waals surface area (Å²) >= 11 is 0. The zero-order chi connectivity index (χ0) is 13.0. The number of nitrogens with one attached hydrogen (secondary N) is 2. The molecule has 0 bridgehead atoms. The van der Waals surface area contributed by atoms with Gasteiger partial charge in [0.1, 0.15) is 0 Å². The molecule has 0 aliphatic rings. The minimum atomic E-state index is 0.868. The minimum Gasteiger partial charge on any atom is -0.313 e. The van der Waals surface area contributed by atoms with Crippen molar-refractivity contribution in [2.75, 3.05) is 6.54 Å². The van der Waals surface area contributed by atoms with Crippen molar-refractivity contribution < 1.29 is 0 Å². The lowest BCUT2D eigenvalue weighted by atomic mass is 9.99. The first-order chi connectivity index (χ1) is 8.74. The molecule has 0 aliphatic carbocycles. The summed E-state index contributed by atoms with van der Waals surface area (Å²) in [6, 6.07) is 6.39. The molecule has 2 rings (SSSR count). The van der Waals surface area contributed by atoms with E-state index in [0.29, 0.717) is 0 Å². The molecule has 3 heteroatoms. The molecule has 1 heterocycles. The van der Waals surface area contributed by atoms with Crippen LogP contribution in [0.4, 0.5) is 0 Å². The molecular weight excluding hydrogens is 222 g/mol. The minimum absolute atomic E-state index is 0.868. The van der Waals surface area contributed by atoms with Crippen molar-refractivity contribution in [3.63, 3.8) is 0 Å². The molecule has 1 aromatic heterocycles. The molecule has 0 radical (unpaired) electrons. The zero-order valence-corrected chi connectivity index (χ0v) is 11.4. The first-order valence-electron chi connectivity index (χ1n) is 6.53. The summed E-state index contributed by atoms with van der Waals surface area (Å²) in [7, 11) is 0. The van der Waals surface area contributed by atoms with Crippen LogP contribution in [-0.4, -0.2) is 16.7 Å². The van der Waals surface area contributed by atoms with Crippen molar-refractivity contribution in [2.24, 2.45) is 0 Å².